The Labute approximate surface area is 87.4 Å². The van der Waals surface area contributed by atoms with Crippen LogP contribution < -0.4 is 0 Å². The molecule has 0 saturated carbocycles. The monoisotopic (exact) mass is 214 g/mol. The number of ether oxygens (including phenoxy) is 1. The Morgan fingerprint density at radius 2 is 2.27 bits per heavy atom. The average Bonchev–Trinajstić information content (AvgIpc) is 2.47. The molecule has 2 aliphatic heterocycles. The fourth-order valence-electron chi connectivity index (χ4n) is 1.93. The van der Waals surface area contributed by atoms with Gasteiger partial charge in [-0.25, -0.2) is 9.69 Å². The first-order valence-electron chi connectivity index (χ1n) is 4.90. The van der Waals surface area contributed by atoms with E-state index in [1.807, 2.05) is 0 Å². The zero-order chi connectivity index (χ0) is 11.1. The Morgan fingerprint density at radius 3 is 2.73 bits per heavy atom. The minimum absolute atomic E-state index is 0.172. The molecule has 84 valence electrons. The van der Waals surface area contributed by atoms with Gasteiger partial charge in [0.25, 0.3) is 0 Å². The van der Waals surface area contributed by atoms with Crippen molar-refractivity contribution in [3.63, 3.8) is 0 Å². The maximum absolute atomic E-state index is 11.6. The second-order valence-electron chi connectivity index (χ2n) is 4.30. The van der Waals surface area contributed by atoms with Gasteiger partial charge in [-0.2, -0.15) is 0 Å². The van der Waals surface area contributed by atoms with Crippen molar-refractivity contribution in [2.45, 2.75) is 12.5 Å². The van der Waals surface area contributed by atoms with Gasteiger partial charge in [0.1, 0.15) is 6.61 Å². The van der Waals surface area contributed by atoms with Gasteiger partial charge in [0, 0.05) is 13.1 Å². The highest BCUT2D eigenvalue weighted by molar-refractivity contribution is 5.94. The molecule has 2 rings (SSSR count). The Morgan fingerprint density at radius 1 is 1.60 bits per heavy atom. The van der Waals surface area contributed by atoms with E-state index in [-0.39, 0.29) is 19.1 Å². The van der Waals surface area contributed by atoms with E-state index in [0.717, 1.165) is 4.90 Å². The largest absolute Gasteiger partial charge is 0.447 e. The summed E-state index contributed by atoms with van der Waals surface area (Å²) in [5.41, 5.74) is -0.689. The number of carbonyl (C=O) groups is 2. The Bertz CT molecular complexity index is 294. The standard InChI is InChI=1S/C9H14N2O4/c1-9(14)5-10(6-9)4-7(12)11-2-3-15-8(11)13/h14H,2-6H2,1H3. The second-order valence-corrected chi connectivity index (χ2v) is 4.30. The third-order valence-corrected chi connectivity index (χ3v) is 2.55. The van der Waals surface area contributed by atoms with Crippen LogP contribution in [-0.4, -0.2) is 65.3 Å². The molecule has 0 aromatic rings. The van der Waals surface area contributed by atoms with Gasteiger partial charge in [-0.15, -0.1) is 0 Å². The van der Waals surface area contributed by atoms with Crippen LogP contribution in [0.15, 0.2) is 0 Å². The van der Waals surface area contributed by atoms with E-state index in [0.29, 0.717) is 19.6 Å². The molecule has 2 saturated heterocycles. The van der Waals surface area contributed by atoms with E-state index in [1.54, 1.807) is 11.8 Å². The van der Waals surface area contributed by atoms with Gasteiger partial charge in [-0.1, -0.05) is 0 Å². The Balaban J connectivity index is 1.81. The lowest BCUT2D eigenvalue weighted by Gasteiger charge is -2.43. The molecule has 6 heteroatoms. The summed E-state index contributed by atoms with van der Waals surface area (Å²) >= 11 is 0. The SMILES string of the molecule is CC1(O)CN(CC(=O)N2CCOC2=O)C1. The van der Waals surface area contributed by atoms with Crippen molar-refractivity contribution in [1.82, 2.24) is 9.80 Å². The average molecular weight is 214 g/mol. The topological polar surface area (TPSA) is 70.1 Å². The lowest BCUT2D eigenvalue weighted by atomic mass is 9.97. The van der Waals surface area contributed by atoms with Gasteiger partial charge in [-0.3, -0.25) is 9.69 Å². The number of aliphatic hydroxyl groups is 1. The van der Waals surface area contributed by atoms with Crippen molar-refractivity contribution in [2.75, 3.05) is 32.8 Å². The van der Waals surface area contributed by atoms with Crippen LogP contribution in [0.4, 0.5) is 4.79 Å². The van der Waals surface area contributed by atoms with Crippen molar-refractivity contribution >= 4 is 12.0 Å². The highest BCUT2D eigenvalue weighted by atomic mass is 16.6. The fourth-order valence-corrected chi connectivity index (χ4v) is 1.93. The minimum Gasteiger partial charge on any atom is -0.447 e. The van der Waals surface area contributed by atoms with E-state index in [1.165, 1.54) is 0 Å². The highest BCUT2D eigenvalue weighted by Crippen LogP contribution is 2.19. The summed E-state index contributed by atoms with van der Waals surface area (Å²) in [5, 5.41) is 9.46. The summed E-state index contributed by atoms with van der Waals surface area (Å²) in [6, 6.07) is 0. The number of cyclic esters (lactones) is 1. The van der Waals surface area contributed by atoms with Gasteiger partial charge in [0.2, 0.25) is 5.91 Å². The van der Waals surface area contributed by atoms with Gasteiger partial charge in [0.05, 0.1) is 18.7 Å². The Kier molecular flexibility index (Phi) is 2.40. The van der Waals surface area contributed by atoms with Gasteiger partial charge < -0.3 is 9.84 Å². The highest BCUT2D eigenvalue weighted by Gasteiger charge is 2.39. The van der Waals surface area contributed by atoms with E-state index in [4.69, 9.17) is 0 Å². The number of β-amino-alcohol motifs (C(OH)–C–C–N with tert-alkyl or cyclic N) is 1. The molecule has 2 aliphatic rings. The van der Waals surface area contributed by atoms with Crippen LogP contribution in [0.3, 0.4) is 0 Å². The third-order valence-electron chi connectivity index (χ3n) is 2.55. The third kappa shape index (κ3) is 2.10. The molecule has 0 aliphatic carbocycles. The normalized spacial score (nSPS) is 24.9. The second kappa shape index (κ2) is 3.46. The number of rotatable bonds is 2. The predicted octanol–water partition coefficient (Wildman–Crippen LogP) is -0.968. The minimum atomic E-state index is -0.689. The molecule has 0 atom stereocenters. The van der Waals surface area contributed by atoms with Crippen LogP contribution in [0.2, 0.25) is 0 Å². The van der Waals surface area contributed by atoms with Crippen LogP contribution in [0.1, 0.15) is 6.92 Å². The van der Waals surface area contributed by atoms with Gasteiger partial charge >= 0.3 is 6.09 Å². The summed E-state index contributed by atoms with van der Waals surface area (Å²) in [5.74, 6) is -0.256. The maximum atomic E-state index is 11.6. The first kappa shape index (κ1) is 10.4. The molecule has 0 aromatic heterocycles. The van der Waals surface area contributed by atoms with Crippen LogP contribution >= 0.6 is 0 Å². The fraction of sp³-hybridized carbons (Fsp3) is 0.778. The van der Waals surface area contributed by atoms with Crippen molar-refractivity contribution in [1.29, 1.82) is 0 Å². The number of hydrogen-bond acceptors (Lipinski definition) is 5. The molecule has 0 bridgehead atoms. The van der Waals surface area contributed by atoms with Crippen LogP contribution in [0.25, 0.3) is 0 Å². The quantitative estimate of drug-likeness (QED) is 0.640. The van der Waals surface area contributed by atoms with E-state index >= 15 is 0 Å². The molecular weight excluding hydrogens is 200 g/mol. The molecule has 2 amide bonds. The summed E-state index contributed by atoms with van der Waals surface area (Å²) in [6.45, 7) is 3.46. The lowest BCUT2D eigenvalue weighted by molar-refractivity contribution is -0.136. The van der Waals surface area contributed by atoms with Crippen molar-refractivity contribution < 1.29 is 19.4 Å². The van der Waals surface area contributed by atoms with E-state index < -0.39 is 11.7 Å². The molecule has 1 N–H and O–H groups in total. The number of imide groups is 1. The van der Waals surface area contributed by atoms with Crippen molar-refractivity contribution in [2.24, 2.45) is 0 Å². The number of carbonyl (C=O) groups excluding carboxylic acids is 2. The number of hydrogen-bond donors (Lipinski definition) is 1. The molecule has 0 spiro atoms. The first-order chi connectivity index (χ1) is 6.98. The van der Waals surface area contributed by atoms with Crippen LogP contribution in [0.5, 0.6) is 0 Å². The molecule has 6 nitrogen and oxygen atoms in total. The van der Waals surface area contributed by atoms with Crippen LogP contribution in [0, 0.1) is 0 Å². The lowest BCUT2D eigenvalue weighted by Crippen LogP contribution is -2.61. The van der Waals surface area contributed by atoms with Gasteiger partial charge in [0.15, 0.2) is 0 Å². The maximum Gasteiger partial charge on any atom is 0.416 e. The van der Waals surface area contributed by atoms with E-state index in [2.05, 4.69) is 4.74 Å². The zero-order valence-corrected chi connectivity index (χ0v) is 8.60. The molecule has 0 aromatic carbocycles. The van der Waals surface area contributed by atoms with Crippen molar-refractivity contribution in [3.05, 3.63) is 0 Å². The van der Waals surface area contributed by atoms with Crippen molar-refractivity contribution in [3.8, 4) is 0 Å². The summed E-state index contributed by atoms with van der Waals surface area (Å²) in [4.78, 5) is 25.5. The summed E-state index contributed by atoms with van der Waals surface area (Å²) in [7, 11) is 0. The molecule has 2 heterocycles. The first-order valence-corrected chi connectivity index (χ1v) is 4.90. The van der Waals surface area contributed by atoms with Gasteiger partial charge in [-0.05, 0) is 6.92 Å². The number of amides is 2. The van der Waals surface area contributed by atoms with E-state index in [9.17, 15) is 14.7 Å². The zero-order valence-electron chi connectivity index (χ0n) is 8.60. The molecule has 0 unspecified atom stereocenters. The predicted molar refractivity (Wildman–Crippen MR) is 50.1 cm³/mol. The number of likely N-dealkylation sites (tertiary alicyclic amines) is 1. The molecular formula is C9H14N2O4. The molecule has 15 heavy (non-hydrogen) atoms. The smallest absolute Gasteiger partial charge is 0.416 e. The Hall–Kier alpha value is -1.14. The number of nitrogens with zero attached hydrogens (tertiary/aromatic N) is 2. The summed E-state index contributed by atoms with van der Waals surface area (Å²) < 4.78 is 4.66. The van der Waals surface area contributed by atoms with Crippen LogP contribution in [-0.2, 0) is 9.53 Å². The molecule has 0 radical (unpaired) electrons. The molecule has 2 fully saturated rings. The summed E-state index contributed by atoms with van der Waals surface area (Å²) in [6.07, 6.45) is -0.563.